The third kappa shape index (κ3) is 3.50. The van der Waals surface area contributed by atoms with Crippen LogP contribution in [0.2, 0.25) is 0 Å². The first-order chi connectivity index (χ1) is 12.9. The molecule has 1 aromatic heterocycles. The Labute approximate surface area is 154 Å². The van der Waals surface area contributed by atoms with Gasteiger partial charge < -0.3 is 5.32 Å². The summed E-state index contributed by atoms with van der Waals surface area (Å²) in [7, 11) is 0. The molecular weight excluding hydrogens is 356 g/mol. The maximum atomic E-state index is 12.9. The molecule has 0 unspecified atom stereocenters. The van der Waals surface area contributed by atoms with Crippen molar-refractivity contribution >= 4 is 17.6 Å². The number of amides is 1. The normalized spacial score (nSPS) is 15.1. The molecule has 1 fully saturated rings. The van der Waals surface area contributed by atoms with E-state index >= 15 is 0 Å². The number of carbonyl (C=O) groups excluding carboxylic acids is 2. The van der Waals surface area contributed by atoms with Crippen LogP contribution in [-0.2, 0) is 5.54 Å². The molecule has 0 spiro atoms. The summed E-state index contributed by atoms with van der Waals surface area (Å²) in [6.45, 7) is 1.98. The van der Waals surface area contributed by atoms with Gasteiger partial charge in [-0.25, -0.2) is 24.6 Å². The van der Waals surface area contributed by atoms with Crippen molar-refractivity contribution in [2.75, 3.05) is 5.32 Å². The molecule has 1 amide bonds. The van der Waals surface area contributed by atoms with Crippen molar-refractivity contribution < 1.29 is 18.4 Å². The molecule has 142 valence electrons. The molecule has 3 rings (SSSR count). The lowest BCUT2D eigenvalue weighted by atomic mass is 9.70. The average molecular weight is 375 g/mol. The van der Waals surface area contributed by atoms with Crippen LogP contribution in [0.1, 0.15) is 51.2 Å². The quantitative estimate of drug-likeness (QED) is 0.309. The Morgan fingerprint density at radius 1 is 1.26 bits per heavy atom. The van der Waals surface area contributed by atoms with Gasteiger partial charge in [-0.1, -0.05) is 24.3 Å². The number of alkyl halides is 2. The van der Waals surface area contributed by atoms with E-state index in [9.17, 15) is 18.4 Å². The van der Waals surface area contributed by atoms with E-state index in [-0.39, 0.29) is 5.95 Å². The smallest absolute Gasteiger partial charge is 0.302 e. The predicted molar refractivity (Wildman–Crippen MR) is 94.4 cm³/mol. The number of aryl methyl sites for hydroxylation is 1. The number of Topliss-reactive ketones (excluding diaryl/α,β-unsaturated/α-hetero) is 1. The molecule has 4 N–H and O–H groups in total. The first kappa shape index (κ1) is 18.8. The van der Waals surface area contributed by atoms with Crippen molar-refractivity contribution in [3.8, 4) is 0 Å². The summed E-state index contributed by atoms with van der Waals surface area (Å²) < 4.78 is 25.9. The van der Waals surface area contributed by atoms with Gasteiger partial charge in [0.05, 0.1) is 11.1 Å². The van der Waals surface area contributed by atoms with Gasteiger partial charge in [0.25, 0.3) is 5.91 Å². The Balaban J connectivity index is 2.00. The van der Waals surface area contributed by atoms with Gasteiger partial charge in [0.2, 0.25) is 11.7 Å². The van der Waals surface area contributed by atoms with Gasteiger partial charge in [-0.05, 0) is 37.3 Å². The monoisotopic (exact) mass is 375 g/mol. The minimum absolute atomic E-state index is 0.00974. The zero-order valence-electron chi connectivity index (χ0n) is 14.6. The molecule has 0 saturated heterocycles. The van der Waals surface area contributed by atoms with Crippen molar-refractivity contribution in [3.63, 3.8) is 0 Å². The average Bonchev–Trinajstić information content (AvgIpc) is 2.64. The van der Waals surface area contributed by atoms with E-state index in [2.05, 4.69) is 15.3 Å². The van der Waals surface area contributed by atoms with Crippen LogP contribution in [0.25, 0.3) is 0 Å². The lowest BCUT2D eigenvalue weighted by Crippen LogP contribution is -2.43. The van der Waals surface area contributed by atoms with Crippen LogP contribution in [0.4, 0.5) is 14.7 Å². The van der Waals surface area contributed by atoms with Gasteiger partial charge in [-0.3, -0.25) is 15.0 Å². The molecule has 7 nitrogen and oxygen atoms in total. The molecular formula is C18H19F2N5O2. The predicted octanol–water partition coefficient (Wildman–Crippen LogP) is 2.33. The second kappa shape index (κ2) is 7.36. The molecule has 27 heavy (non-hydrogen) atoms. The van der Waals surface area contributed by atoms with E-state index in [1.165, 1.54) is 0 Å². The van der Waals surface area contributed by atoms with Crippen LogP contribution in [0.3, 0.4) is 0 Å². The molecule has 9 heteroatoms. The SMILES string of the molecule is Cc1ccccc1C1(Nc2ncc(C(=O)NN)c(C(=O)C(F)F)n2)CCC1. The van der Waals surface area contributed by atoms with E-state index in [1.54, 1.807) is 5.43 Å². The molecule has 1 heterocycles. The number of hydrogen-bond donors (Lipinski definition) is 3. The third-order valence-corrected chi connectivity index (χ3v) is 4.81. The van der Waals surface area contributed by atoms with Crippen LogP contribution in [0, 0.1) is 6.92 Å². The Kier molecular flexibility index (Phi) is 5.13. The lowest BCUT2D eigenvalue weighted by Gasteiger charge is -2.44. The number of nitrogens with one attached hydrogen (secondary N) is 2. The molecule has 0 aliphatic heterocycles. The second-order valence-electron chi connectivity index (χ2n) is 6.47. The van der Waals surface area contributed by atoms with Gasteiger partial charge in [-0.2, -0.15) is 0 Å². The van der Waals surface area contributed by atoms with Crippen LogP contribution in [0.5, 0.6) is 0 Å². The molecule has 1 aliphatic rings. The second-order valence-corrected chi connectivity index (χ2v) is 6.47. The summed E-state index contributed by atoms with van der Waals surface area (Å²) in [5.74, 6) is 2.58. The summed E-state index contributed by atoms with van der Waals surface area (Å²) in [5, 5.41) is 3.19. The molecule has 0 atom stereocenters. The van der Waals surface area contributed by atoms with Crippen molar-refractivity contribution in [3.05, 3.63) is 52.8 Å². The Morgan fingerprint density at radius 2 is 1.96 bits per heavy atom. The van der Waals surface area contributed by atoms with E-state index in [0.29, 0.717) is 0 Å². The molecule has 1 aromatic carbocycles. The molecule has 1 saturated carbocycles. The fourth-order valence-corrected chi connectivity index (χ4v) is 3.29. The topological polar surface area (TPSA) is 110 Å². The first-order valence-electron chi connectivity index (χ1n) is 8.42. The van der Waals surface area contributed by atoms with Crippen LogP contribution >= 0.6 is 0 Å². The molecule has 2 aromatic rings. The number of hydrazine groups is 1. The van der Waals surface area contributed by atoms with Gasteiger partial charge in [0.1, 0.15) is 5.69 Å². The molecule has 0 bridgehead atoms. The van der Waals surface area contributed by atoms with E-state index in [0.717, 1.165) is 36.6 Å². The van der Waals surface area contributed by atoms with Gasteiger partial charge in [0, 0.05) is 6.20 Å². The number of benzene rings is 1. The largest absolute Gasteiger partial charge is 0.345 e. The number of nitrogens with zero attached hydrogens (tertiary/aromatic N) is 2. The fraction of sp³-hybridized carbons (Fsp3) is 0.333. The zero-order valence-corrected chi connectivity index (χ0v) is 14.6. The van der Waals surface area contributed by atoms with Crippen molar-refractivity contribution in [1.82, 2.24) is 15.4 Å². The van der Waals surface area contributed by atoms with Crippen LogP contribution in [0.15, 0.2) is 30.5 Å². The summed E-state index contributed by atoms with van der Waals surface area (Å²) in [4.78, 5) is 31.5. The summed E-state index contributed by atoms with van der Waals surface area (Å²) >= 11 is 0. The van der Waals surface area contributed by atoms with Crippen molar-refractivity contribution in [1.29, 1.82) is 0 Å². The molecule has 1 aliphatic carbocycles. The Hall–Kier alpha value is -2.94. The van der Waals surface area contributed by atoms with Crippen molar-refractivity contribution in [2.45, 2.75) is 38.2 Å². The number of carbonyl (C=O) groups is 2. The summed E-state index contributed by atoms with van der Waals surface area (Å²) in [6.07, 6.45) is 0.329. The minimum atomic E-state index is -3.30. The standard InChI is InChI=1S/C18H19F2N5O2/c1-10-5-2-3-6-12(10)18(7-4-8-18)24-17-22-9-11(16(27)25-21)13(23-17)14(26)15(19)20/h2-3,5-6,9,15H,4,7-8,21H2,1H3,(H,25,27)(H,22,23,24). The maximum Gasteiger partial charge on any atom is 0.302 e. The summed E-state index contributed by atoms with van der Waals surface area (Å²) in [6, 6.07) is 7.83. The highest BCUT2D eigenvalue weighted by Crippen LogP contribution is 2.44. The summed E-state index contributed by atoms with van der Waals surface area (Å²) in [5.41, 5.74) is 2.44. The van der Waals surface area contributed by atoms with Gasteiger partial charge in [0.15, 0.2) is 0 Å². The fourth-order valence-electron chi connectivity index (χ4n) is 3.29. The number of nitrogen functional groups attached to an aromatic ring is 1. The highest BCUT2D eigenvalue weighted by atomic mass is 19.3. The molecule has 0 radical (unpaired) electrons. The van der Waals surface area contributed by atoms with Crippen LogP contribution in [-0.4, -0.2) is 28.1 Å². The third-order valence-electron chi connectivity index (χ3n) is 4.81. The van der Waals surface area contributed by atoms with E-state index in [4.69, 9.17) is 5.84 Å². The number of nitrogens with two attached hydrogens (primary N) is 1. The Bertz CT molecular complexity index is 884. The number of rotatable bonds is 6. The number of ketones is 1. The maximum absolute atomic E-state index is 12.9. The van der Waals surface area contributed by atoms with Crippen LogP contribution < -0.4 is 16.6 Å². The minimum Gasteiger partial charge on any atom is -0.345 e. The number of anilines is 1. The van der Waals surface area contributed by atoms with Gasteiger partial charge >= 0.3 is 6.43 Å². The zero-order chi connectivity index (χ0) is 19.6. The first-order valence-corrected chi connectivity index (χ1v) is 8.42. The number of hydrogen-bond acceptors (Lipinski definition) is 6. The highest BCUT2D eigenvalue weighted by molar-refractivity contribution is 6.07. The van der Waals surface area contributed by atoms with E-state index < -0.39 is 34.9 Å². The van der Waals surface area contributed by atoms with E-state index in [1.807, 2.05) is 31.2 Å². The highest BCUT2D eigenvalue weighted by Gasteiger charge is 2.40. The Morgan fingerprint density at radius 3 is 2.52 bits per heavy atom. The lowest BCUT2D eigenvalue weighted by molar-refractivity contribution is 0.0669. The van der Waals surface area contributed by atoms with Gasteiger partial charge in [-0.15, -0.1) is 0 Å². The van der Waals surface area contributed by atoms with Crippen molar-refractivity contribution in [2.24, 2.45) is 5.84 Å². The number of aromatic nitrogens is 2. The number of halogens is 2.